The van der Waals surface area contributed by atoms with Gasteiger partial charge in [-0.2, -0.15) is 28.1 Å². The molecule has 568 valence electrons. The normalized spacial score (nSPS) is 15.1. The van der Waals surface area contributed by atoms with E-state index in [9.17, 15) is 68.3 Å². The molecule has 3 aliphatic heterocycles. The van der Waals surface area contributed by atoms with E-state index in [1.54, 1.807) is 55.3 Å². The molecule has 4 aromatic carbocycles. The summed E-state index contributed by atoms with van der Waals surface area (Å²) in [4.78, 5) is 80.5. The molecule has 0 amide bonds. The van der Waals surface area contributed by atoms with E-state index in [-0.39, 0.29) is 90.0 Å². The maximum absolute atomic E-state index is 14.4. The van der Waals surface area contributed by atoms with E-state index in [4.69, 9.17) is 64.9 Å². The zero-order valence-electron chi connectivity index (χ0n) is 59.9. The van der Waals surface area contributed by atoms with Gasteiger partial charge in [0.05, 0.1) is 83.9 Å². The number of hydrogen-bond donors (Lipinski definition) is 3. The number of aromatic hydroxyl groups is 1. The third-order valence-electron chi connectivity index (χ3n) is 16.5. The maximum Gasteiger partial charge on any atom is 0.451 e. The summed E-state index contributed by atoms with van der Waals surface area (Å²) < 4.78 is 130. The molecule has 3 aromatic heterocycles. The molecule has 1 atom stereocenters. The van der Waals surface area contributed by atoms with Crippen LogP contribution in [0.15, 0.2) is 85.5 Å². The number of anilines is 2. The number of fused-ring (bicyclic) bond motifs is 1. The highest BCUT2D eigenvalue weighted by Crippen LogP contribution is 2.41. The summed E-state index contributed by atoms with van der Waals surface area (Å²) in [5.74, 6) is -4.85. The molecule has 7 aromatic rings. The number of alkyl halides is 3. The third kappa shape index (κ3) is 18.5. The zero-order chi connectivity index (χ0) is 78.3. The first kappa shape index (κ1) is 83.0. The van der Waals surface area contributed by atoms with Crippen molar-refractivity contribution in [2.75, 3.05) is 54.8 Å². The largest absolute Gasteiger partial charge is 0.493 e. The van der Waals surface area contributed by atoms with Crippen LogP contribution in [0.1, 0.15) is 130 Å². The first-order valence-electron chi connectivity index (χ1n) is 32.6. The minimum Gasteiger partial charge on any atom is -0.493 e. The van der Waals surface area contributed by atoms with Gasteiger partial charge in [0.15, 0.2) is 21.2 Å². The van der Waals surface area contributed by atoms with Crippen LogP contribution in [0.2, 0.25) is 10.0 Å². The number of ether oxygens (including phenoxy) is 4. The highest BCUT2D eigenvalue weighted by atomic mass is 35.5. The number of sulfone groups is 1. The summed E-state index contributed by atoms with van der Waals surface area (Å²) in [6.07, 6.45) is -0.466. The van der Waals surface area contributed by atoms with Crippen LogP contribution in [0.4, 0.5) is 28.9 Å². The average molecular weight is 1560 g/mol. The Hall–Kier alpha value is -9.29. The molecule has 0 aliphatic carbocycles. The van der Waals surface area contributed by atoms with Gasteiger partial charge in [-0.15, -0.1) is 5.10 Å². The first-order chi connectivity index (χ1) is 49.0. The van der Waals surface area contributed by atoms with Crippen molar-refractivity contribution in [2.45, 2.75) is 132 Å². The van der Waals surface area contributed by atoms with Crippen LogP contribution in [-0.4, -0.2) is 146 Å². The van der Waals surface area contributed by atoms with E-state index in [2.05, 4.69) is 58.1 Å². The smallest absolute Gasteiger partial charge is 0.451 e. The number of aromatic nitrogens is 7. The molecular formula is C68H80Cl2F4N12O16S3. The Labute approximate surface area is 617 Å². The molecule has 3 aliphatic rings. The highest BCUT2D eigenvalue weighted by Gasteiger charge is 2.50. The number of carbonyl (C=O) groups is 4. The standard InChI is InChI=1S/C23H32N2O4.C16H18Cl2N2O4.C16H17N3O5S.C13H13F4N5O3S2/c1-7-16-13-15(3)14-17(8-2)18(16)19-20(26)24-9-11-28-12-10-25(24)21(19)29-22(27)23(4,5)6;1-4-23-14(21)12-9-16(3,15(22)24-5-2)20(19-12)13-7-6-10(17)8-11(13)18;1-9-10(15(20)11-8-17-19(2)16(11)21)4-5-13(25(3,22)23)14(9)12-6-7-24-18-12;1-3-27(24,25)20-8-5-9(7(14)4-6(8)10(18)26)22-12(23)21(2)11(19-22)13(15,16)17/h13-14H,7-12H2,1-6H3;6-8H,4-5,9H2,1-3H3;4-5,8,21H,6-7H2,1-3H3;4-5,20H,3H2,1-2H3,(H2,18,26). The van der Waals surface area contributed by atoms with E-state index in [0.29, 0.717) is 89.4 Å². The Morgan fingerprint density at radius 2 is 1.46 bits per heavy atom. The van der Waals surface area contributed by atoms with Crippen molar-refractivity contribution in [3.05, 3.63) is 148 Å². The Morgan fingerprint density at radius 1 is 0.829 bits per heavy atom. The number of thiocarbonyl (C=S) groups is 1. The lowest BCUT2D eigenvalue weighted by atomic mass is 9.91. The number of benzene rings is 4. The van der Waals surface area contributed by atoms with Crippen molar-refractivity contribution in [1.82, 2.24) is 33.5 Å². The number of hydrogen-bond acceptors (Lipinski definition) is 22. The second-order valence-corrected chi connectivity index (χ2v) is 30.4. The topological polar surface area (TPSA) is 354 Å². The van der Waals surface area contributed by atoms with Crippen molar-refractivity contribution in [3.63, 3.8) is 0 Å². The molecule has 105 heavy (non-hydrogen) atoms. The SMILES string of the molecule is CCOC(=O)C1=NN(c2ccc(Cl)cc2Cl)C(C)(C(=O)OCC)C1.CCS(=O)(=O)Nc1cc(-n2nc(C(F)(F)F)n(C)c2=O)c(F)cc1C(N)=S.CCc1cc(C)cc(CC)c1-c1c(OC(=O)C(C)(C)C)n2n(c1=O)CCOCC2.Cc1c(C(=O)c2cnn(C)c2O)ccc(S(C)(=O)=O)c1C1=NOCC1. The average Bonchev–Trinajstić information content (AvgIpc) is 1.62. The number of aryl methyl sites for hydroxylation is 4. The Morgan fingerprint density at radius 3 is 1.97 bits per heavy atom. The number of esters is 3. The number of sulfonamides is 1. The van der Waals surface area contributed by atoms with Crippen LogP contribution >= 0.6 is 35.4 Å². The number of hydrazone groups is 1. The molecule has 0 radical (unpaired) electrons. The van der Waals surface area contributed by atoms with Gasteiger partial charge in [-0.25, -0.2) is 54.7 Å². The van der Waals surface area contributed by atoms with Crippen LogP contribution in [0, 0.1) is 25.1 Å². The maximum atomic E-state index is 14.4. The molecule has 0 bridgehead atoms. The van der Waals surface area contributed by atoms with Crippen molar-refractivity contribution in [2.24, 2.45) is 35.5 Å². The fraction of sp³-hybridized carbons (Fsp3) is 0.426. The lowest BCUT2D eigenvalue weighted by Crippen LogP contribution is -2.48. The summed E-state index contributed by atoms with van der Waals surface area (Å²) >= 11 is 16.9. The molecule has 0 spiro atoms. The Kier molecular flexibility index (Phi) is 26.4. The summed E-state index contributed by atoms with van der Waals surface area (Å²) in [5.41, 5.74) is 8.00. The molecule has 0 fully saturated rings. The molecule has 0 saturated carbocycles. The first-order valence-corrected chi connectivity index (χ1v) is 37.3. The molecule has 10 rings (SSSR count). The monoisotopic (exact) mass is 1560 g/mol. The molecule has 0 saturated heterocycles. The molecule has 28 nitrogen and oxygen atoms in total. The number of oxime groups is 1. The Balaban J connectivity index is 0.000000196. The molecule has 37 heteroatoms. The van der Waals surface area contributed by atoms with Crippen LogP contribution in [-0.2, 0) is 99.5 Å². The van der Waals surface area contributed by atoms with Gasteiger partial charge in [0.25, 0.3) is 5.56 Å². The number of ketones is 1. The van der Waals surface area contributed by atoms with E-state index in [1.165, 1.54) is 47.6 Å². The van der Waals surface area contributed by atoms with E-state index in [0.717, 1.165) is 48.9 Å². The van der Waals surface area contributed by atoms with Crippen LogP contribution in [0.25, 0.3) is 16.8 Å². The zero-order valence-corrected chi connectivity index (χ0v) is 63.8. The van der Waals surface area contributed by atoms with Gasteiger partial charge >= 0.3 is 29.8 Å². The molecule has 1 unspecified atom stereocenters. The van der Waals surface area contributed by atoms with Gasteiger partial charge in [0.2, 0.25) is 27.6 Å². The summed E-state index contributed by atoms with van der Waals surface area (Å²) in [5, 5.41) is 27.3. The van der Waals surface area contributed by atoms with Gasteiger partial charge in [0.1, 0.15) is 39.9 Å². The van der Waals surface area contributed by atoms with Gasteiger partial charge in [-0.1, -0.05) is 72.1 Å². The molecular weight excluding hydrogens is 1480 g/mol. The summed E-state index contributed by atoms with van der Waals surface area (Å²) in [6, 6.07) is 13.4. The predicted octanol–water partition coefficient (Wildman–Crippen LogP) is 9.49. The van der Waals surface area contributed by atoms with Gasteiger partial charge in [-0.05, 0) is 140 Å². The Bertz CT molecular complexity index is 4960. The van der Waals surface area contributed by atoms with Crippen LogP contribution < -0.4 is 31.5 Å². The number of halogens is 6. The van der Waals surface area contributed by atoms with Crippen molar-refractivity contribution >= 4 is 107 Å². The minimum absolute atomic E-state index is 0.0493. The molecule has 4 N–H and O–H groups in total. The third-order valence-corrected chi connectivity index (χ3v) is 19.7. The number of nitrogens with one attached hydrogen (secondary N) is 1. The predicted molar refractivity (Wildman–Crippen MR) is 389 cm³/mol. The number of carbonyl (C=O) groups excluding carboxylic acids is 4. The van der Waals surface area contributed by atoms with Crippen LogP contribution in [0.5, 0.6) is 11.8 Å². The quantitative estimate of drug-likeness (QED) is 0.0311. The minimum atomic E-state index is -4.96. The van der Waals surface area contributed by atoms with E-state index >= 15 is 0 Å². The number of rotatable bonds is 18. The fourth-order valence-electron chi connectivity index (χ4n) is 11.1. The van der Waals surface area contributed by atoms with Crippen molar-refractivity contribution in [1.29, 1.82) is 0 Å². The second kappa shape index (κ2) is 33.4. The van der Waals surface area contributed by atoms with Crippen LogP contribution in [0.3, 0.4) is 0 Å². The van der Waals surface area contributed by atoms with E-state index < -0.39 is 77.7 Å². The number of nitrogens with zero attached hydrogens (tertiary/aromatic N) is 10. The van der Waals surface area contributed by atoms with Gasteiger partial charge in [0, 0.05) is 54.9 Å². The summed E-state index contributed by atoms with van der Waals surface area (Å²) in [6.45, 7) is 22.4. The van der Waals surface area contributed by atoms with Crippen molar-refractivity contribution < 1.29 is 82.5 Å². The van der Waals surface area contributed by atoms with Gasteiger partial charge < -0.3 is 34.6 Å². The fourth-order valence-corrected chi connectivity index (χ4v) is 13.4. The lowest BCUT2D eigenvalue weighted by Gasteiger charge is -2.32. The second-order valence-electron chi connectivity index (χ2n) is 25.1. The summed E-state index contributed by atoms with van der Waals surface area (Å²) in [7, 11) is -5.04. The van der Waals surface area contributed by atoms with Gasteiger partial charge in [-0.3, -0.25) is 23.7 Å². The highest BCUT2D eigenvalue weighted by molar-refractivity contribution is 7.92. The van der Waals surface area contributed by atoms with E-state index in [1.807, 2.05) is 20.8 Å². The molecule has 6 heterocycles. The van der Waals surface area contributed by atoms with Crippen molar-refractivity contribution in [3.8, 4) is 28.6 Å². The lowest BCUT2D eigenvalue weighted by molar-refractivity contribution is -0.149. The number of nitrogens with two attached hydrogens (primary N) is 1.